The highest BCUT2D eigenvalue weighted by Crippen LogP contribution is 2.11. The van der Waals surface area contributed by atoms with E-state index in [0.717, 1.165) is 70.6 Å². The summed E-state index contributed by atoms with van der Waals surface area (Å²) in [5.74, 6) is -1.92. The van der Waals surface area contributed by atoms with Crippen LogP contribution in [0.2, 0.25) is 0 Å². The first-order chi connectivity index (χ1) is 23.6. The SMILES string of the molecule is CC/C=C\C/C=C\C/C=C\C/C=C\C/C=C\CC(=O)OC(COCCC(C(=O)[O-])[N+](C)(C)C)COC(=O)CCCCCCC/C=C\CCC. The maximum Gasteiger partial charge on any atom is 0.310 e. The van der Waals surface area contributed by atoms with E-state index in [1.54, 1.807) is 27.2 Å². The van der Waals surface area contributed by atoms with Crippen molar-refractivity contribution < 1.29 is 38.2 Å². The van der Waals surface area contributed by atoms with Crippen LogP contribution >= 0.6 is 0 Å². The Hall–Kier alpha value is -3.23. The molecule has 8 nitrogen and oxygen atoms in total. The molecule has 0 rings (SSSR count). The third-order valence-corrected chi connectivity index (χ3v) is 7.59. The molecule has 278 valence electrons. The normalized spacial score (nSPS) is 13.9. The molecule has 8 heteroatoms. The van der Waals surface area contributed by atoms with Crippen molar-refractivity contribution in [1.29, 1.82) is 0 Å². The highest BCUT2D eigenvalue weighted by molar-refractivity contribution is 5.71. The number of hydrogen-bond donors (Lipinski definition) is 0. The summed E-state index contributed by atoms with van der Waals surface area (Å²) in [4.78, 5) is 36.5. The van der Waals surface area contributed by atoms with Gasteiger partial charge in [0.1, 0.15) is 12.6 Å². The molecule has 2 unspecified atom stereocenters. The Morgan fingerprint density at radius 2 is 1.20 bits per heavy atom. The van der Waals surface area contributed by atoms with Crippen LogP contribution in [0.15, 0.2) is 72.9 Å². The smallest absolute Gasteiger partial charge is 0.310 e. The van der Waals surface area contributed by atoms with Gasteiger partial charge in [0.2, 0.25) is 0 Å². The zero-order chi connectivity index (χ0) is 36.4. The molecule has 0 aliphatic rings. The predicted octanol–water partition coefficient (Wildman–Crippen LogP) is 7.90. The predicted molar refractivity (Wildman–Crippen MR) is 199 cm³/mol. The van der Waals surface area contributed by atoms with Crippen LogP contribution in [0.5, 0.6) is 0 Å². The van der Waals surface area contributed by atoms with Gasteiger partial charge in [-0.05, 0) is 57.8 Å². The van der Waals surface area contributed by atoms with Crippen LogP contribution in [0.1, 0.15) is 117 Å². The molecule has 0 aliphatic heterocycles. The first kappa shape index (κ1) is 45.8. The lowest BCUT2D eigenvalue weighted by Crippen LogP contribution is -2.55. The van der Waals surface area contributed by atoms with Crippen LogP contribution in [0.4, 0.5) is 0 Å². The van der Waals surface area contributed by atoms with E-state index in [0.29, 0.717) is 12.8 Å². The monoisotopic (exact) mass is 685 g/mol. The highest BCUT2D eigenvalue weighted by atomic mass is 16.6. The molecule has 0 heterocycles. The number of unbranched alkanes of at least 4 members (excludes halogenated alkanes) is 6. The molecule has 0 fully saturated rings. The number of rotatable bonds is 31. The lowest BCUT2D eigenvalue weighted by molar-refractivity contribution is -0.889. The number of carboxylic acid groups (broad SMARTS) is 1. The van der Waals surface area contributed by atoms with Gasteiger partial charge in [0.05, 0.1) is 46.7 Å². The van der Waals surface area contributed by atoms with E-state index in [-0.39, 0.29) is 43.1 Å². The second-order valence-electron chi connectivity index (χ2n) is 13.1. The minimum absolute atomic E-state index is 0.00566. The van der Waals surface area contributed by atoms with E-state index in [9.17, 15) is 19.5 Å². The Morgan fingerprint density at radius 1 is 0.653 bits per heavy atom. The molecule has 0 saturated carbocycles. The Kier molecular flexibility index (Phi) is 29.9. The van der Waals surface area contributed by atoms with Gasteiger partial charge in [0, 0.05) is 12.8 Å². The number of hydrogen-bond acceptors (Lipinski definition) is 7. The van der Waals surface area contributed by atoms with Gasteiger partial charge >= 0.3 is 11.9 Å². The van der Waals surface area contributed by atoms with E-state index in [4.69, 9.17) is 14.2 Å². The zero-order valence-electron chi connectivity index (χ0n) is 31.3. The number of quaternary nitrogens is 1. The minimum Gasteiger partial charge on any atom is -0.544 e. The molecule has 0 bridgehead atoms. The number of carbonyl (C=O) groups excluding carboxylic acids is 3. The van der Waals surface area contributed by atoms with Crippen LogP contribution < -0.4 is 5.11 Å². The third-order valence-electron chi connectivity index (χ3n) is 7.59. The van der Waals surface area contributed by atoms with Crippen molar-refractivity contribution in [2.45, 2.75) is 129 Å². The summed E-state index contributed by atoms with van der Waals surface area (Å²) >= 11 is 0. The summed E-state index contributed by atoms with van der Waals surface area (Å²) in [7, 11) is 5.35. The van der Waals surface area contributed by atoms with E-state index in [2.05, 4.69) is 74.6 Å². The van der Waals surface area contributed by atoms with Gasteiger partial charge in [-0.2, -0.15) is 0 Å². The quantitative estimate of drug-likeness (QED) is 0.0316. The van der Waals surface area contributed by atoms with Gasteiger partial charge in [-0.15, -0.1) is 0 Å². The fraction of sp³-hybridized carbons (Fsp3) is 0.634. The molecule has 0 N–H and O–H groups in total. The summed E-state index contributed by atoms with van der Waals surface area (Å²) in [5, 5.41) is 11.6. The number of aliphatic carboxylic acids is 1. The molecule has 0 spiro atoms. The number of carboxylic acids is 1. The molecule has 0 aliphatic carbocycles. The number of nitrogens with zero attached hydrogens (tertiary/aromatic N) is 1. The Morgan fingerprint density at radius 3 is 1.78 bits per heavy atom. The number of esters is 2. The molecule has 2 atom stereocenters. The second kappa shape index (κ2) is 32.0. The number of allylic oxidation sites excluding steroid dienone is 11. The molecule has 0 aromatic carbocycles. The van der Waals surface area contributed by atoms with Crippen molar-refractivity contribution in [3.63, 3.8) is 0 Å². The molecule has 49 heavy (non-hydrogen) atoms. The van der Waals surface area contributed by atoms with Crippen LogP contribution in [-0.2, 0) is 28.6 Å². The minimum atomic E-state index is -1.14. The van der Waals surface area contributed by atoms with E-state index in [1.807, 2.05) is 6.08 Å². The second-order valence-corrected chi connectivity index (χ2v) is 13.1. The largest absolute Gasteiger partial charge is 0.544 e. The fourth-order valence-electron chi connectivity index (χ4n) is 4.73. The Bertz CT molecular complexity index is 1030. The van der Waals surface area contributed by atoms with E-state index >= 15 is 0 Å². The van der Waals surface area contributed by atoms with Gasteiger partial charge in [-0.3, -0.25) is 9.59 Å². The molecule has 0 aromatic heterocycles. The highest BCUT2D eigenvalue weighted by Gasteiger charge is 2.25. The molecular formula is C41H67NO7. The van der Waals surface area contributed by atoms with Crippen molar-refractivity contribution >= 4 is 17.9 Å². The summed E-state index contributed by atoms with van der Waals surface area (Å²) in [6.45, 7) is 4.33. The van der Waals surface area contributed by atoms with Crippen molar-refractivity contribution in [3.05, 3.63) is 72.9 Å². The van der Waals surface area contributed by atoms with Gasteiger partial charge < -0.3 is 28.6 Å². The zero-order valence-corrected chi connectivity index (χ0v) is 31.3. The Labute approximate surface area is 298 Å². The van der Waals surface area contributed by atoms with Crippen LogP contribution in [0, 0.1) is 0 Å². The maximum absolute atomic E-state index is 12.6. The van der Waals surface area contributed by atoms with Crippen molar-refractivity contribution in [3.8, 4) is 0 Å². The van der Waals surface area contributed by atoms with Crippen molar-refractivity contribution in [2.75, 3.05) is 41.0 Å². The van der Waals surface area contributed by atoms with Gasteiger partial charge in [-0.1, -0.05) is 112 Å². The number of likely N-dealkylation sites (N-methyl/N-ethyl adjacent to an activating group) is 1. The summed E-state index contributed by atoms with van der Waals surface area (Å²) in [5.41, 5.74) is 0. The number of carbonyl (C=O) groups is 3. The van der Waals surface area contributed by atoms with Crippen LogP contribution in [0.3, 0.4) is 0 Å². The van der Waals surface area contributed by atoms with E-state index < -0.39 is 24.1 Å². The molecule has 0 aromatic rings. The summed E-state index contributed by atoms with van der Waals surface area (Å²) in [6, 6.07) is -0.744. The standard InChI is InChI=1S/C41H67NO7/c1-6-8-10-12-14-16-18-19-20-21-22-24-26-28-30-32-40(44)49-37(35-47-34-33-38(41(45)46)42(3,4)5)36-48-39(43)31-29-27-25-23-17-15-13-11-9-7-2/h8,10-11,13-14,16,19-20,22,24,28,30,37-38H,6-7,9,12,15,17-18,21,23,25-27,29,31-36H2,1-5H3/b10-8-,13-11-,16-14-,20-19-,24-22-,30-28-. The van der Waals surface area contributed by atoms with Gasteiger partial charge in [-0.25, -0.2) is 0 Å². The molecule has 0 saturated heterocycles. The van der Waals surface area contributed by atoms with Crippen molar-refractivity contribution in [1.82, 2.24) is 0 Å². The van der Waals surface area contributed by atoms with Crippen LogP contribution in [-0.4, -0.2) is 75.5 Å². The number of ether oxygens (including phenoxy) is 3. The Balaban J connectivity index is 4.63. The lowest BCUT2D eigenvalue weighted by Gasteiger charge is -2.34. The maximum atomic E-state index is 12.6. The third kappa shape index (κ3) is 30.6. The first-order valence-corrected chi connectivity index (χ1v) is 18.5. The average molecular weight is 686 g/mol. The van der Waals surface area contributed by atoms with Crippen molar-refractivity contribution in [2.24, 2.45) is 0 Å². The average Bonchev–Trinajstić information content (AvgIpc) is 3.05. The first-order valence-electron chi connectivity index (χ1n) is 18.5. The summed E-state index contributed by atoms with van der Waals surface area (Å²) < 4.78 is 16.9. The molecular weight excluding hydrogens is 618 g/mol. The van der Waals surface area contributed by atoms with E-state index in [1.165, 1.54) is 6.42 Å². The molecule has 0 amide bonds. The van der Waals surface area contributed by atoms with Gasteiger partial charge in [0.25, 0.3) is 0 Å². The van der Waals surface area contributed by atoms with Gasteiger partial charge in [0.15, 0.2) is 6.10 Å². The lowest BCUT2D eigenvalue weighted by atomic mass is 10.1. The molecule has 0 radical (unpaired) electrons. The summed E-state index contributed by atoms with van der Waals surface area (Å²) in [6.07, 6.45) is 38.2. The topological polar surface area (TPSA) is 102 Å². The fourth-order valence-corrected chi connectivity index (χ4v) is 4.73. The van der Waals surface area contributed by atoms with Crippen LogP contribution in [0.25, 0.3) is 0 Å².